The van der Waals surface area contributed by atoms with E-state index in [9.17, 15) is 18.4 Å². The number of halogens is 3. The van der Waals surface area contributed by atoms with Gasteiger partial charge in [-0.1, -0.05) is 11.6 Å². The van der Waals surface area contributed by atoms with E-state index in [1.165, 1.54) is 0 Å². The van der Waals surface area contributed by atoms with Crippen LogP contribution in [0, 0.1) is 11.6 Å². The van der Waals surface area contributed by atoms with E-state index in [2.05, 4.69) is 0 Å². The van der Waals surface area contributed by atoms with E-state index >= 15 is 0 Å². The van der Waals surface area contributed by atoms with Crippen molar-refractivity contribution in [2.24, 2.45) is 0 Å². The average molecular weight is 309 g/mol. The lowest BCUT2D eigenvalue weighted by Gasteiger charge is -2.15. The molecule has 0 heterocycles. The number of urea groups is 1. The first-order valence-electron chi connectivity index (χ1n) is 5.41. The molecule has 0 aliphatic carbocycles. The van der Waals surface area contributed by atoms with E-state index in [1.54, 1.807) is 0 Å². The van der Waals surface area contributed by atoms with Crippen LogP contribution < -0.4 is 10.6 Å². The van der Waals surface area contributed by atoms with Crippen molar-refractivity contribution in [2.45, 2.75) is 12.5 Å². The van der Waals surface area contributed by atoms with E-state index in [1.807, 2.05) is 10.6 Å². The number of carboxylic acid groups (broad SMARTS) is 1. The Kier molecular flexibility index (Phi) is 5.66. The molecule has 1 aromatic carbocycles. The Labute approximate surface area is 117 Å². The van der Waals surface area contributed by atoms with Gasteiger partial charge in [-0.2, -0.15) is 0 Å². The predicted octanol–water partition coefficient (Wildman–Crippen LogP) is 1.58. The van der Waals surface area contributed by atoms with Crippen molar-refractivity contribution in [3.05, 3.63) is 28.8 Å². The molecule has 1 aromatic rings. The third-order valence-electron chi connectivity index (χ3n) is 2.27. The molecule has 0 aromatic heterocycles. The first-order valence-corrected chi connectivity index (χ1v) is 5.78. The summed E-state index contributed by atoms with van der Waals surface area (Å²) in [5.74, 6) is -3.37. The van der Waals surface area contributed by atoms with Crippen LogP contribution in [-0.4, -0.2) is 34.9 Å². The van der Waals surface area contributed by atoms with Gasteiger partial charge in [0.1, 0.15) is 11.9 Å². The molecule has 0 radical (unpaired) electrons. The summed E-state index contributed by atoms with van der Waals surface area (Å²) >= 11 is 5.56. The second-order valence-corrected chi connectivity index (χ2v) is 4.15. The maximum absolute atomic E-state index is 13.4. The third-order valence-corrected chi connectivity index (χ3v) is 2.56. The van der Waals surface area contributed by atoms with Crippen LogP contribution in [0.1, 0.15) is 6.42 Å². The van der Waals surface area contributed by atoms with Crippen molar-refractivity contribution >= 4 is 29.3 Å². The average Bonchev–Trinajstić information content (AvgIpc) is 2.33. The molecular formula is C11H11ClF2N2O4. The Morgan fingerprint density at radius 1 is 1.35 bits per heavy atom. The Morgan fingerprint density at radius 2 is 2.00 bits per heavy atom. The Morgan fingerprint density at radius 3 is 2.50 bits per heavy atom. The minimum Gasteiger partial charge on any atom is -0.480 e. The van der Waals surface area contributed by atoms with Crippen molar-refractivity contribution < 1.29 is 28.6 Å². The van der Waals surface area contributed by atoms with Crippen molar-refractivity contribution in [3.63, 3.8) is 0 Å². The number of aliphatic carboxylic acids is 1. The Bertz CT molecular complexity index is 504. The van der Waals surface area contributed by atoms with Gasteiger partial charge in [0.25, 0.3) is 0 Å². The number of aliphatic hydroxyl groups is 1. The largest absolute Gasteiger partial charge is 0.480 e. The first kappa shape index (κ1) is 16.1. The van der Waals surface area contributed by atoms with Gasteiger partial charge in [0.2, 0.25) is 0 Å². The maximum atomic E-state index is 13.4. The fraction of sp³-hybridized carbons (Fsp3) is 0.273. The molecule has 1 atom stereocenters. The van der Waals surface area contributed by atoms with Crippen molar-refractivity contribution in [1.82, 2.24) is 5.32 Å². The molecule has 9 heteroatoms. The summed E-state index contributed by atoms with van der Waals surface area (Å²) in [7, 11) is 0. The summed E-state index contributed by atoms with van der Waals surface area (Å²) in [6.45, 7) is -0.455. The molecule has 0 aliphatic rings. The number of anilines is 1. The van der Waals surface area contributed by atoms with Crippen LogP contribution in [0.15, 0.2) is 12.1 Å². The lowest BCUT2D eigenvalue weighted by atomic mass is 10.2. The van der Waals surface area contributed by atoms with Gasteiger partial charge in [-0.25, -0.2) is 18.4 Å². The van der Waals surface area contributed by atoms with Gasteiger partial charge < -0.3 is 20.8 Å². The minimum atomic E-state index is -1.36. The molecule has 110 valence electrons. The molecule has 2 amide bonds. The SMILES string of the molecule is O=C(Nc1c(F)cc(F)cc1Cl)N[C@@H](CCO)C(=O)O. The smallest absolute Gasteiger partial charge is 0.326 e. The van der Waals surface area contributed by atoms with Gasteiger partial charge in [0.15, 0.2) is 5.82 Å². The Balaban J connectivity index is 2.78. The minimum absolute atomic E-state index is 0.220. The predicted molar refractivity (Wildman–Crippen MR) is 66.6 cm³/mol. The van der Waals surface area contributed by atoms with Crippen LogP contribution in [-0.2, 0) is 4.79 Å². The Hall–Kier alpha value is -1.93. The molecule has 0 unspecified atom stereocenters. The van der Waals surface area contributed by atoms with Crippen LogP contribution in [0.4, 0.5) is 19.3 Å². The number of rotatable bonds is 5. The van der Waals surface area contributed by atoms with Crippen molar-refractivity contribution in [2.75, 3.05) is 11.9 Å². The molecule has 1 rings (SSSR count). The molecule has 6 nitrogen and oxygen atoms in total. The molecule has 0 saturated heterocycles. The van der Waals surface area contributed by atoms with Gasteiger partial charge in [0, 0.05) is 19.1 Å². The number of carbonyl (C=O) groups is 2. The highest BCUT2D eigenvalue weighted by Gasteiger charge is 2.20. The highest BCUT2D eigenvalue weighted by atomic mass is 35.5. The van der Waals surface area contributed by atoms with E-state index in [0.717, 1.165) is 6.07 Å². The van der Waals surface area contributed by atoms with Crippen LogP contribution in [0.25, 0.3) is 0 Å². The molecule has 0 saturated carbocycles. The van der Waals surface area contributed by atoms with Gasteiger partial charge in [-0.15, -0.1) is 0 Å². The summed E-state index contributed by atoms with van der Waals surface area (Å²) in [6, 6.07) is -1.08. The standard InChI is InChI=1S/C11H11ClF2N2O4/c12-6-3-5(13)4-7(14)9(6)16-11(20)15-8(1-2-17)10(18)19/h3-4,8,17H,1-2H2,(H,18,19)(H2,15,16,20)/t8-/m0/s1. The third kappa shape index (κ3) is 4.32. The number of carbonyl (C=O) groups excluding carboxylic acids is 1. The molecule has 0 spiro atoms. The normalized spacial score (nSPS) is 11.8. The summed E-state index contributed by atoms with van der Waals surface area (Å²) in [4.78, 5) is 22.3. The number of hydrogen-bond donors (Lipinski definition) is 4. The monoisotopic (exact) mass is 308 g/mol. The van der Waals surface area contributed by atoms with Crippen molar-refractivity contribution in [3.8, 4) is 0 Å². The number of amides is 2. The molecule has 0 bridgehead atoms. The number of aliphatic hydroxyl groups excluding tert-OH is 1. The van der Waals surface area contributed by atoms with E-state index in [0.29, 0.717) is 6.07 Å². The molecular weight excluding hydrogens is 298 g/mol. The molecule has 4 N–H and O–H groups in total. The highest BCUT2D eigenvalue weighted by Crippen LogP contribution is 2.26. The van der Waals surface area contributed by atoms with Crippen LogP contribution in [0.3, 0.4) is 0 Å². The second-order valence-electron chi connectivity index (χ2n) is 3.75. The lowest BCUT2D eigenvalue weighted by molar-refractivity contribution is -0.139. The van der Waals surface area contributed by atoms with Gasteiger partial charge in [-0.3, -0.25) is 0 Å². The number of carboxylic acids is 1. The summed E-state index contributed by atoms with van der Waals surface area (Å²) in [6.07, 6.45) is -0.220. The van der Waals surface area contributed by atoms with E-state index in [-0.39, 0.29) is 11.4 Å². The van der Waals surface area contributed by atoms with Gasteiger partial charge in [0.05, 0.1) is 10.7 Å². The first-order chi connectivity index (χ1) is 9.35. The van der Waals surface area contributed by atoms with Crippen LogP contribution in [0.2, 0.25) is 5.02 Å². The summed E-state index contributed by atoms with van der Waals surface area (Å²) in [5.41, 5.74) is -0.473. The van der Waals surface area contributed by atoms with E-state index < -0.39 is 42.0 Å². The lowest BCUT2D eigenvalue weighted by Crippen LogP contribution is -2.43. The number of benzene rings is 1. The summed E-state index contributed by atoms with van der Waals surface area (Å²) < 4.78 is 26.2. The molecule has 0 fully saturated rings. The van der Waals surface area contributed by atoms with Gasteiger partial charge in [-0.05, 0) is 6.07 Å². The van der Waals surface area contributed by atoms with E-state index in [4.69, 9.17) is 21.8 Å². The second kappa shape index (κ2) is 7.01. The number of nitrogens with one attached hydrogen (secondary N) is 2. The number of hydrogen-bond acceptors (Lipinski definition) is 3. The van der Waals surface area contributed by atoms with Crippen LogP contribution >= 0.6 is 11.6 Å². The summed E-state index contributed by atoms with van der Waals surface area (Å²) in [5, 5.41) is 21.0. The zero-order chi connectivity index (χ0) is 15.3. The molecule has 0 aliphatic heterocycles. The highest BCUT2D eigenvalue weighted by molar-refractivity contribution is 6.33. The van der Waals surface area contributed by atoms with Crippen LogP contribution in [0.5, 0.6) is 0 Å². The zero-order valence-corrected chi connectivity index (χ0v) is 10.7. The quantitative estimate of drug-likeness (QED) is 0.663. The topological polar surface area (TPSA) is 98.7 Å². The van der Waals surface area contributed by atoms with Crippen molar-refractivity contribution in [1.29, 1.82) is 0 Å². The molecule has 20 heavy (non-hydrogen) atoms. The fourth-order valence-electron chi connectivity index (χ4n) is 1.36. The zero-order valence-electron chi connectivity index (χ0n) is 9.99. The maximum Gasteiger partial charge on any atom is 0.326 e. The van der Waals surface area contributed by atoms with Gasteiger partial charge >= 0.3 is 12.0 Å². The fourth-order valence-corrected chi connectivity index (χ4v) is 1.60.